The largest absolute Gasteiger partial charge is 0.461 e. The lowest BCUT2D eigenvalue weighted by Gasteiger charge is -2.18. The van der Waals surface area contributed by atoms with E-state index in [1.807, 2.05) is 0 Å². The van der Waals surface area contributed by atoms with Crippen molar-refractivity contribution in [2.45, 2.75) is 32.4 Å². The van der Waals surface area contributed by atoms with Crippen LogP contribution in [0.25, 0.3) is 0 Å². The second-order valence-electron chi connectivity index (χ2n) is 7.73. The van der Waals surface area contributed by atoms with E-state index in [0.29, 0.717) is 40.8 Å². The number of hydrogen-bond donors (Lipinski definition) is 1. The third-order valence-corrected chi connectivity index (χ3v) is 5.31. The number of ether oxygens (including phenoxy) is 1. The Hall–Kier alpha value is -2.83. The molecule has 1 aliphatic carbocycles. The van der Waals surface area contributed by atoms with Gasteiger partial charge >= 0.3 is 5.97 Å². The molecule has 2 aromatic carbocycles. The predicted molar refractivity (Wildman–Crippen MR) is 105 cm³/mol. The van der Waals surface area contributed by atoms with E-state index in [9.17, 15) is 14.4 Å². The van der Waals surface area contributed by atoms with Crippen molar-refractivity contribution in [3.63, 3.8) is 0 Å². The second-order valence-corrected chi connectivity index (χ2v) is 7.73. The van der Waals surface area contributed by atoms with Gasteiger partial charge in [-0.2, -0.15) is 0 Å². The molecule has 1 fully saturated rings. The first-order valence-electron chi connectivity index (χ1n) is 9.09. The lowest BCUT2D eigenvalue weighted by atomic mass is 9.83. The van der Waals surface area contributed by atoms with Crippen LogP contribution in [0.3, 0.4) is 0 Å². The van der Waals surface area contributed by atoms with Crippen LogP contribution in [0, 0.1) is 0 Å². The zero-order valence-corrected chi connectivity index (χ0v) is 16.2. The minimum atomic E-state index is -0.261. The van der Waals surface area contributed by atoms with E-state index in [2.05, 4.69) is 18.7 Å². The van der Waals surface area contributed by atoms with Crippen molar-refractivity contribution in [1.29, 1.82) is 0 Å². The van der Waals surface area contributed by atoms with Crippen LogP contribution < -0.4 is 6.15 Å². The highest BCUT2D eigenvalue weighted by Gasteiger charge is 2.42. The molecule has 2 aliphatic rings. The fourth-order valence-electron chi connectivity index (χ4n) is 3.51. The molecule has 28 heavy (non-hydrogen) atoms. The number of rotatable bonds is 5. The van der Waals surface area contributed by atoms with E-state index in [1.54, 1.807) is 42.5 Å². The Balaban J connectivity index is 0.00000225. The maximum absolute atomic E-state index is 12.7. The van der Waals surface area contributed by atoms with Gasteiger partial charge in [-0.1, -0.05) is 30.3 Å². The van der Waals surface area contributed by atoms with Gasteiger partial charge in [-0.3, -0.25) is 19.3 Å². The first kappa shape index (κ1) is 19.9. The first-order chi connectivity index (χ1) is 12.9. The van der Waals surface area contributed by atoms with E-state index in [1.165, 1.54) is 0 Å². The maximum Gasteiger partial charge on any atom is 0.307 e. The summed E-state index contributed by atoms with van der Waals surface area (Å²) < 4.78 is 5.34. The number of hydrogen-bond acceptors (Lipinski definition) is 6. The Morgan fingerprint density at radius 3 is 2.18 bits per heavy atom. The van der Waals surface area contributed by atoms with Crippen LogP contribution in [0.4, 0.5) is 0 Å². The van der Waals surface area contributed by atoms with Gasteiger partial charge in [0.05, 0.1) is 6.42 Å². The molecule has 1 saturated heterocycles. The predicted octanol–water partition coefficient (Wildman–Crippen LogP) is 3.15. The van der Waals surface area contributed by atoms with E-state index in [0.717, 1.165) is 6.54 Å². The molecule has 2 aromatic rings. The number of esters is 1. The molecule has 0 saturated carbocycles. The molecule has 0 bridgehead atoms. The topological polar surface area (TPSA) is 98.4 Å². The van der Waals surface area contributed by atoms with Crippen LogP contribution in [-0.4, -0.2) is 41.1 Å². The molecule has 6 nitrogen and oxygen atoms in total. The van der Waals surface area contributed by atoms with Crippen molar-refractivity contribution in [2.75, 3.05) is 13.1 Å². The second kappa shape index (κ2) is 7.30. The smallest absolute Gasteiger partial charge is 0.307 e. The van der Waals surface area contributed by atoms with Gasteiger partial charge in [0.15, 0.2) is 11.6 Å². The zero-order chi connectivity index (χ0) is 19.2. The van der Waals surface area contributed by atoms with Gasteiger partial charge in [0.25, 0.3) is 0 Å². The van der Waals surface area contributed by atoms with Crippen molar-refractivity contribution in [3.8, 4) is 0 Å². The van der Waals surface area contributed by atoms with Gasteiger partial charge in [0.1, 0.15) is 6.61 Å². The third kappa shape index (κ3) is 3.61. The van der Waals surface area contributed by atoms with Crippen LogP contribution in [0.15, 0.2) is 42.5 Å². The maximum atomic E-state index is 12.7. The number of ketones is 2. The standard InChI is InChI=1S/C22H21NO4.H3N/c1-22(2)13-23(22)10-9-19(24)27-12-14-7-8-17-18(11-14)21(26)16-6-4-3-5-15(16)20(17)25;/h3-8,11H,9-10,12-13H2,1-2H3;1H3. The number of fused-ring (bicyclic) bond motifs is 2. The van der Waals surface area contributed by atoms with Crippen LogP contribution >= 0.6 is 0 Å². The summed E-state index contributed by atoms with van der Waals surface area (Å²) in [6.45, 7) is 6.07. The molecule has 0 aromatic heterocycles. The highest BCUT2D eigenvalue weighted by molar-refractivity contribution is 6.28. The molecule has 0 radical (unpaired) electrons. The summed E-state index contributed by atoms with van der Waals surface area (Å²) in [6, 6.07) is 11.9. The van der Waals surface area contributed by atoms with Crippen LogP contribution in [0.5, 0.6) is 0 Å². The molecule has 1 atom stereocenters. The first-order valence-corrected chi connectivity index (χ1v) is 9.09. The highest BCUT2D eigenvalue weighted by Crippen LogP contribution is 2.30. The molecule has 0 amide bonds. The molecule has 146 valence electrons. The molecule has 1 heterocycles. The van der Waals surface area contributed by atoms with E-state index < -0.39 is 0 Å². The minimum absolute atomic E-state index is 0. The summed E-state index contributed by atoms with van der Waals surface area (Å²) in [6.07, 6.45) is 0.346. The highest BCUT2D eigenvalue weighted by atomic mass is 16.5. The number of nitrogens with zero attached hydrogens (tertiary/aromatic N) is 1. The third-order valence-electron chi connectivity index (χ3n) is 5.31. The molecular formula is C22H24N2O4. The van der Waals surface area contributed by atoms with Crippen molar-refractivity contribution in [3.05, 3.63) is 70.3 Å². The van der Waals surface area contributed by atoms with Gasteiger partial charge in [-0.05, 0) is 31.5 Å². The molecule has 4 rings (SSSR count). The van der Waals surface area contributed by atoms with Gasteiger partial charge < -0.3 is 10.9 Å². The summed E-state index contributed by atoms with van der Waals surface area (Å²) in [5, 5.41) is 0. The number of carbonyl (C=O) groups is 3. The van der Waals surface area contributed by atoms with Crippen molar-refractivity contribution >= 4 is 17.5 Å². The van der Waals surface area contributed by atoms with Crippen molar-refractivity contribution < 1.29 is 19.1 Å². The Morgan fingerprint density at radius 1 is 1.00 bits per heavy atom. The molecule has 1 aliphatic heterocycles. The Labute approximate surface area is 164 Å². The van der Waals surface area contributed by atoms with Crippen LogP contribution in [-0.2, 0) is 16.1 Å². The quantitative estimate of drug-likeness (QED) is 0.539. The van der Waals surface area contributed by atoms with Crippen LogP contribution in [0.1, 0.15) is 57.7 Å². The SMILES string of the molecule is CC1(C)CN1CCC(=O)OCc1ccc2c(c1)C(=O)c1ccccc1C2=O.N. The average Bonchev–Trinajstić information content (AvgIpc) is 3.29. The van der Waals surface area contributed by atoms with E-state index in [-0.39, 0.29) is 35.8 Å². The normalized spacial score (nSPS) is 18.6. The fraction of sp³-hybridized carbons (Fsp3) is 0.318. The summed E-state index contributed by atoms with van der Waals surface area (Å²) in [7, 11) is 0. The van der Waals surface area contributed by atoms with Gasteiger partial charge in [0.2, 0.25) is 0 Å². The molecule has 0 spiro atoms. The zero-order valence-electron chi connectivity index (χ0n) is 16.2. The number of carbonyl (C=O) groups excluding carboxylic acids is 3. The van der Waals surface area contributed by atoms with Gasteiger partial charge in [-0.25, -0.2) is 0 Å². The summed E-state index contributed by atoms with van der Waals surface area (Å²) in [4.78, 5) is 39.5. The van der Waals surface area contributed by atoms with E-state index in [4.69, 9.17) is 4.74 Å². The van der Waals surface area contributed by atoms with Crippen LogP contribution in [0.2, 0.25) is 0 Å². The molecular weight excluding hydrogens is 356 g/mol. The lowest BCUT2D eigenvalue weighted by Crippen LogP contribution is -2.21. The summed E-state index contributed by atoms with van der Waals surface area (Å²) in [5.41, 5.74) is 2.53. The molecule has 6 heteroatoms. The fourth-order valence-corrected chi connectivity index (χ4v) is 3.51. The van der Waals surface area contributed by atoms with Crippen molar-refractivity contribution in [1.82, 2.24) is 11.1 Å². The summed E-state index contributed by atoms with van der Waals surface area (Å²) >= 11 is 0. The van der Waals surface area contributed by atoms with E-state index >= 15 is 0 Å². The Bertz CT molecular complexity index is 965. The average molecular weight is 380 g/mol. The van der Waals surface area contributed by atoms with Crippen molar-refractivity contribution in [2.24, 2.45) is 0 Å². The minimum Gasteiger partial charge on any atom is -0.461 e. The Morgan fingerprint density at radius 2 is 1.57 bits per heavy atom. The van der Waals surface area contributed by atoms with Gasteiger partial charge in [-0.15, -0.1) is 0 Å². The summed E-state index contributed by atoms with van der Waals surface area (Å²) in [5.74, 6) is -0.579. The number of benzene rings is 2. The monoisotopic (exact) mass is 380 g/mol. The molecule has 1 unspecified atom stereocenters. The lowest BCUT2D eigenvalue weighted by molar-refractivity contribution is -0.145. The van der Waals surface area contributed by atoms with Gasteiger partial charge in [0, 0.05) is 40.9 Å². The molecule has 3 N–H and O–H groups in total. The Kier molecular flexibility index (Phi) is 5.19.